The molecule has 1 aromatic rings. The van der Waals surface area contributed by atoms with E-state index in [4.69, 9.17) is 5.73 Å². The van der Waals surface area contributed by atoms with Crippen molar-refractivity contribution < 1.29 is 13.2 Å². The van der Waals surface area contributed by atoms with Gasteiger partial charge < -0.3 is 11.1 Å². The van der Waals surface area contributed by atoms with Crippen LogP contribution in [0.4, 0.5) is 5.69 Å². The van der Waals surface area contributed by atoms with Crippen molar-refractivity contribution in [2.45, 2.75) is 25.8 Å². The number of nitrogens with one attached hydrogen (secondary N) is 1. The van der Waals surface area contributed by atoms with E-state index in [2.05, 4.69) is 5.32 Å². The second-order valence-corrected chi connectivity index (χ2v) is 7.19. The van der Waals surface area contributed by atoms with E-state index in [1.807, 2.05) is 13.0 Å². The van der Waals surface area contributed by atoms with Gasteiger partial charge in [-0.15, -0.1) is 0 Å². The summed E-state index contributed by atoms with van der Waals surface area (Å²) in [5, 5.41) is 2.77. The molecule has 0 spiro atoms. The molecule has 104 valence electrons. The standard InChI is InChI=1S/C13H18N2O3S/c1-9-4-2-6-11(14)12(9)13(16)15-10-5-3-7-19(17,18)8-10/h2,4,6,10H,3,5,7-8,14H2,1H3,(H,15,16). The Morgan fingerprint density at radius 2 is 2.16 bits per heavy atom. The summed E-state index contributed by atoms with van der Waals surface area (Å²) in [6.45, 7) is 1.81. The van der Waals surface area contributed by atoms with Crippen molar-refractivity contribution in [1.29, 1.82) is 0 Å². The van der Waals surface area contributed by atoms with E-state index in [0.717, 1.165) is 5.56 Å². The number of nitrogens with two attached hydrogens (primary N) is 1. The minimum Gasteiger partial charge on any atom is -0.398 e. The van der Waals surface area contributed by atoms with Crippen LogP contribution in [0, 0.1) is 6.92 Å². The van der Waals surface area contributed by atoms with E-state index in [9.17, 15) is 13.2 Å². The molecule has 1 amide bonds. The van der Waals surface area contributed by atoms with Gasteiger partial charge in [0.1, 0.15) is 0 Å². The number of benzene rings is 1. The van der Waals surface area contributed by atoms with Gasteiger partial charge >= 0.3 is 0 Å². The normalized spacial score (nSPS) is 21.8. The third-order valence-corrected chi connectivity index (χ3v) is 5.15. The molecule has 1 aromatic carbocycles. The number of amides is 1. The van der Waals surface area contributed by atoms with Gasteiger partial charge in [0.2, 0.25) is 0 Å². The first-order valence-corrected chi connectivity index (χ1v) is 8.07. The van der Waals surface area contributed by atoms with E-state index in [1.54, 1.807) is 12.1 Å². The second-order valence-electron chi connectivity index (χ2n) is 4.97. The zero-order valence-corrected chi connectivity index (χ0v) is 11.7. The van der Waals surface area contributed by atoms with Crippen LogP contribution in [0.1, 0.15) is 28.8 Å². The predicted molar refractivity (Wildman–Crippen MR) is 74.7 cm³/mol. The van der Waals surface area contributed by atoms with Crippen LogP contribution in [-0.2, 0) is 9.84 Å². The van der Waals surface area contributed by atoms with Crippen molar-refractivity contribution in [3.8, 4) is 0 Å². The number of sulfone groups is 1. The van der Waals surface area contributed by atoms with Gasteiger partial charge in [0, 0.05) is 11.7 Å². The van der Waals surface area contributed by atoms with Crippen LogP contribution in [0.5, 0.6) is 0 Å². The third kappa shape index (κ3) is 3.26. The number of rotatable bonds is 2. The topological polar surface area (TPSA) is 89.3 Å². The lowest BCUT2D eigenvalue weighted by molar-refractivity contribution is 0.0938. The number of carbonyl (C=O) groups excluding carboxylic acids is 1. The quantitative estimate of drug-likeness (QED) is 0.788. The highest BCUT2D eigenvalue weighted by molar-refractivity contribution is 7.91. The summed E-state index contributed by atoms with van der Waals surface area (Å²) in [6, 6.07) is 4.94. The maximum Gasteiger partial charge on any atom is 0.253 e. The summed E-state index contributed by atoms with van der Waals surface area (Å²) in [5.74, 6) is -0.0613. The monoisotopic (exact) mass is 282 g/mol. The van der Waals surface area contributed by atoms with E-state index < -0.39 is 9.84 Å². The van der Waals surface area contributed by atoms with E-state index in [-0.39, 0.29) is 23.5 Å². The van der Waals surface area contributed by atoms with Crippen molar-refractivity contribution in [3.05, 3.63) is 29.3 Å². The highest BCUT2D eigenvalue weighted by atomic mass is 32.2. The van der Waals surface area contributed by atoms with Crippen LogP contribution in [0.3, 0.4) is 0 Å². The van der Waals surface area contributed by atoms with Crippen LogP contribution < -0.4 is 11.1 Å². The number of hydrogen-bond acceptors (Lipinski definition) is 4. The Hall–Kier alpha value is -1.56. The lowest BCUT2D eigenvalue weighted by Gasteiger charge is -2.23. The number of nitrogen functional groups attached to an aromatic ring is 1. The van der Waals surface area contributed by atoms with E-state index in [1.165, 1.54) is 0 Å². The molecule has 1 fully saturated rings. The van der Waals surface area contributed by atoms with Gasteiger partial charge in [-0.2, -0.15) is 0 Å². The van der Waals surface area contributed by atoms with Crippen LogP contribution in [-0.4, -0.2) is 31.9 Å². The van der Waals surface area contributed by atoms with Gasteiger partial charge in [0.05, 0.1) is 17.1 Å². The Morgan fingerprint density at radius 1 is 1.42 bits per heavy atom. The Labute approximate surface area is 113 Å². The summed E-state index contributed by atoms with van der Waals surface area (Å²) >= 11 is 0. The van der Waals surface area contributed by atoms with Crippen molar-refractivity contribution in [2.75, 3.05) is 17.2 Å². The van der Waals surface area contributed by atoms with Gasteiger partial charge in [-0.05, 0) is 31.4 Å². The number of aryl methyl sites for hydroxylation is 1. The predicted octanol–water partition coefficient (Wildman–Crippen LogP) is 0.884. The summed E-state index contributed by atoms with van der Waals surface area (Å²) in [4.78, 5) is 12.2. The fourth-order valence-electron chi connectivity index (χ4n) is 2.39. The van der Waals surface area contributed by atoms with Crippen molar-refractivity contribution in [1.82, 2.24) is 5.32 Å². The third-order valence-electron chi connectivity index (χ3n) is 3.33. The average Bonchev–Trinajstić information content (AvgIpc) is 2.27. The summed E-state index contributed by atoms with van der Waals surface area (Å²) in [6.07, 6.45) is 1.29. The number of carbonyl (C=O) groups is 1. The number of hydrogen-bond donors (Lipinski definition) is 2. The molecule has 1 atom stereocenters. The Balaban J connectivity index is 2.13. The van der Waals surface area contributed by atoms with Gasteiger partial charge in [0.15, 0.2) is 9.84 Å². The zero-order chi connectivity index (χ0) is 14.0. The average molecular weight is 282 g/mol. The van der Waals surface area contributed by atoms with Crippen molar-refractivity contribution in [2.24, 2.45) is 0 Å². The van der Waals surface area contributed by atoms with Crippen LogP contribution >= 0.6 is 0 Å². The minimum absolute atomic E-state index is 0.0184. The molecule has 19 heavy (non-hydrogen) atoms. The molecule has 2 rings (SSSR count). The fourth-order valence-corrected chi connectivity index (χ4v) is 4.03. The molecule has 1 heterocycles. The molecule has 6 heteroatoms. The SMILES string of the molecule is Cc1cccc(N)c1C(=O)NC1CCCS(=O)(=O)C1. The molecule has 1 aliphatic heterocycles. The largest absolute Gasteiger partial charge is 0.398 e. The molecule has 5 nitrogen and oxygen atoms in total. The first-order chi connectivity index (χ1) is 8.89. The minimum atomic E-state index is -3.03. The summed E-state index contributed by atoms with van der Waals surface area (Å²) < 4.78 is 23.1. The van der Waals surface area contributed by atoms with Crippen LogP contribution in [0.2, 0.25) is 0 Å². The smallest absolute Gasteiger partial charge is 0.253 e. The summed E-state index contributed by atoms with van der Waals surface area (Å²) in [5.41, 5.74) is 7.44. The molecule has 0 aromatic heterocycles. The Bertz CT molecular complexity index is 576. The maximum absolute atomic E-state index is 12.2. The molecule has 0 saturated carbocycles. The first-order valence-electron chi connectivity index (χ1n) is 6.25. The van der Waals surface area contributed by atoms with E-state index >= 15 is 0 Å². The van der Waals surface area contributed by atoms with Crippen LogP contribution in [0.25, 0.3) is 0 Å². The molecule has 1 aliphatic rings. The highest BCUT2D eigenvalue weighted by Gasteiger charge is 2.26. The van der Waals surface area contributed by atoms with Gasteiger partial charge in [-0.3, -0.25) is 4.79 Å². The molecular formula is C13H18N2O3S. The van der Waals surface area contributed by atoms with Gasteiger partial charge in [-0.1, -0.05) is 12.1 Å². The maximum atomic E-state index is 12.2. The summed E-state index contributed by atoms with van der Waals surface area (Å²) in [7, 11) is -3.03. The highest BCUT2D eigenvalue weighted by Crippen LogP contribution is 2.18. The molecule has 0 bridgehead atoms. The van der Waals surface area contributed by atoms with Crippen molar-refractivity contribution in [3.63, 3.8) is 0 Å². The van der Waals surface area contributed by atoms with Gasteiger partial charge in [-0.25, -0.2) is 8.42 Å². The fraction of sp³-hybridized carbons (Fsp3) is 0.462. The number of anilines is 1. The lowest BCUT2D eigenvalue weighted by Crippen LogP contribution is -2.43. The molecule has 1 saturated heterocycles. The van der Waals surface area contributed by atoms with Crippen molar-refractivity contribution >= 4 is 21.4 Å². The second kappa shape index (κ2) is 5.21. The van der Waals surface area contributed by atoms with E-state index in [0.29, 0.717) is 24.1 Å². The molecule has 0 aliphatic carbocycles. The van der Waals surface area contributed by atoms with Gasteiger partial charge in [0.25, 0.3) is 5.91 Å². The molecular weight excluding hydrogens is 264 g/mol. The zero-order valence-electron chi connectivity index (χ0n) is 10.8. The Kier molecular flexibility index (Phi) is 3.80. The molecule has 0 radical (unpaired) electrons. The molecule has 3 N–H and O–H groups in total. The first kappa shape index (κ1) is 13.9. The Morgan fingerprint density at radius 3 is 2.79 bits per heavy atom. The van der Waals surface area contributed by atoms with Crippen LogP contribution in [0.15, 0.2) is 18.2 Å². The lowest BCUT2D eigenvalue weighted by atomic mass is 10.1. The molecule has 1 unspecified atom stereocenters.